The van der Waals surface area contributed by atoms with Crippen molar-refractivity contribution >= 4 is 52.0 Å². The van der Waals surface area contributed by atoms with Crippen molar-refractivity contribution in [1.29, 1.82) is 0 Å². The molecule has 1 heterocycles. The highest BCUT2D eigenvalue weighted by atomic mass is 16.5. The molecular weight excluding hydrogens is 510 g/mol. The van der Waals surface area contributed by atoms with Crippen molar-refractivity contribution in [3.63, 3.8) is 0 Å². The molecule has 0 aromatic heterocycles. The van der Waals surface area contributed by atoms with Crippen LogP contribution in [-0.2, 0) is 14.3 Å². The summed E-state index contributed by atoms with van der Waals surface area (Å²) in [6, 6.07) is 19.1. The topological polar surface area (TPSA) is 134 Å². The predicted octanol–water partition coefficient (Wildman–Crippen LogP) is 3.42. The second-order valence-electron chi connectivity index (χ2n) is 9.46. The molecule has 10 nitrogen and oxygen atoms in total. The Kier molecular flexibility index (Phi) is 8.30. The Morgan fingerprint density at radius 1 is 0.950 bits per heavy atom. The number of likely N-dealkylation sites (N-methyl/N-ethyl adjacent to an activating group) is 2. The van der Waals surface area contributed by atoms with Gasteiger partial charge in [0.25, 0.3) is 11.8 Å². The lowest BCUT2D eigenvalue weighted by atomic mass is 9.98. The van der Waals surface area contributed by atoms with Crippen LogP contribution in [-0.4, -0.2) is 62.9 Å². The van der Waals surface area contributed by atoms with Crippen molar-refractivity contribution in [3.05, 3.63) is 89.0 Å². The molecule has 0 fully saturated rings. The number of nitrogens with zero attached hydrogens (tertiary/aromatic N) is 2. The van der Waals surface area contributed by atoms with Gasteiger partial charge in [-0.3, -0.25) is 14.4 Å². The molecular formula is C30H31N5O5. The summed E-state index contributed by atoms with van der Waals surface area (Å²) in [6.45, 7) is 2.12. The molecule has 3 aromatic rings. The molecule has 4 rings (SSSR count). The molecule has 1 aliphatic heterocycles. The van der Waals surface area contributed by atoms with Crippen LogP contribution in [0.3, 0.4) is 0 Å². The SMILES string of the molecule is CCOC(=O)c1ccc2c(c1)NC(=O)C2=C(Nc1ccc(N(C)C(=O)CN(C)C)c(C(N)=O)c1)c1ccccc1. The molecule has 0 unspecified atom stereocenters. The molecule has 1 aliphatic rings. The fourth-order valence-corrected chi connectivity index (χ4v) is 4.41. The molecule has 0 bridgehead atoms. The van der Waals surface area contributed by atoms with Crippen molar-refractivity contribution in [2.45, 2.75) is 6.92 Å². The van der Waals surface area contributed by atoms with Gasteiger partial charge >= 0.3 is 5.97 Å². The van der Waals surface area contributed by atoms with Gasteiger partial charge in [0.1, 0.15) is 0 Å². The van der Waals surface area contributed by atoms with Crippen LogP contribution in [0.2, 0.25) is 0 Å². The highest BCUT2D eigenvalue weighted by Gasteiger charge is 2.30. The number of nitrogens with two attached hydrogens (primary N) is 1. The van der Waals surface area contributed by atoms with E-state index in [1.165, 1.54) is 4.90 Å². The number of carbonyl (C=O) groups is 4. The number of hydrogen-bond donors (Lipinski definition) is 3. The van der Waals surface area contributed by atoms with Gasteiger partial charge in [-0.05, 0) is 56.9 Å². The smallest absolute Gasteiger partial charge is 0.338 e. The first kappa shape index (κ1) is 28.1. The zero-order valence-corrected chi connectivity index (χ0v) is 22.8. The second-order valence-corrected chi connectivity index (χ2v) is 9.46. The lowest BCUT2D eigenvalue weighted by Gasteiger charge is -2.23. The zero-order valence-electron chi connectivity index (χ0n) is 22.8. The highest BCUT2D eigenvalue weighted by molar-refractivity contribution is 6.37. The first-order chi connectivity index (χ1) is 19.1. The van der Waals surface area contributed by atoms with E-state index < -0.39 is 11.9 Å². The number of esters is 1. The molecule has 0 saturated carbocycles. The monoisotopic (exact) mass is 541 g/mol. The maximum absolute atomic E-state index is 13.3. The Morgan fingerprint density at radius 2 is 1.68 bits per heavy atom. The predicted molar refractivity (Wildman–Crippen MR) is 155 cm³/mol. The molecule has 3 amide bonds. The van der Waals surface area contributed by atoms with Crippen LogP contribution in [0.15, 0.2) is 66.7 Å². The van der Waals surface area contributed by atoms with E-state index in [4.69, 9.17) is 10.5 Å². The van der Waals surface area contributed by atoms with Crippen molar-refractivity contribution in [3.8, 4) is 0 Å². The number of amides is 3. The molecule has 0 spiro atoms. The third-order valence-corrected chi connectivity index (χ3v) is 6.31. The second kappa shape index (κ2) is 11.8. The Labute approximate surface area is 232 Å². The summed E-state index contributed by atoms with van der Waals surface area (Å²) in [6.07, 6.45) is 0. The third-order valence-electron chi connectivity index (χ3n) is 6.31. The summed E-state index contributed by atoms with van der Waals surface area (Å²) in [5.41, 5.74) is 9.68. The summed E-state index contributed by atoms with van der Waals surface area (Å²) in [7, 11) is 5.14. The quantitative estimate of drug-likeness (QED) is 0.279. The minimum Gasteiger partial charge on any atom is -0.462 e. The summed E-state index contributed by atoms with van der Waals surface area (Å²) in [5.74, 6) is -1.75. The normalized spacial score (nSPS) is 13.4. The Bertz CT molecular complexity index is 1510. The van der Waals surface area contributed by atoms with Gasteiger partial charge in [0.05, 0.1) is 46.9 Å². The molecule has 4 N–H and O–H groups in total. The van der Waals surface area contributed by atoms with Crippen LogP contribution in [0, 0.1) is 0 Å². The van der Waals surface area contributed by atoms with Gasteiger partial charge in [-0.15, -0.1) is 0 Å². The Hall–Kier alpha value is -4.96. The van der Waals surface area contributed by atoms with Gasteiger partial charge in [0.15, 0.2) is 0 Å². The summed E-state index contributed by atoms with van der Waals surface area (Å²) in [4.78, 5) is 53.7. The number of fused-ring (bicyclic) bond motifs is 1. The minimum absolute atomic E-state index is 0.146. The van der Waals surface area contributed by atoms with E-state index in [-0.39, 0.29) is 30.5 Å². The van der Waals surface area contributed by atoms with E-state index >= 15 is 0 Å². The van der Waals surface area contributed by atoms with E-state index in [1.807, 2.05) is 30.3 Å². The number of nitrogens with one attached hydrogen (secondary N) is 2. The van der Waals surface area contributed by atoms with Crippen LogP contribution in [0.4, 0.5) is 17.1 Å². The fourth-order valence-electron chi connectivity index (χ4n) is 4.41. The van der Waals surface area contributed by atoms with Crippen LogP contribution in [0.1, 0.15) is 38.8 Å². The van der Waals surface area contributed by atoms with E-state index in [9.17, 15) is 19.2 Å². The largest absolute Gasteiger partial charge is 0.462 e. The maximum atomic E-state index is 13.3. The maximum Gasteiger partial charge on any atom is 0.338 e. The number of primary amides is 1. The molecule has 10 heteroatoms. The van der Waals surface area contributed by atoms with Crippen molar-refractivity contribution in [2.75, 3.05) is 49.8 Å². The lowest BCUT2D eigenvalue weighted by molar-refractivity contribution is -0.119. The standard InChI is InChI=1S/C30H31N5O5/c1-5-40-30(39)19-11-13-21-23(15-19)33-29(38)26(21)27(18-9-7-6-8-10-18)32-20-12-14-24(22(16-20)28(31)37)35(4)25(36)17-34(2)3/h6-16,32H,5,17H2,1-4H3,(H2,31,37)(H,33,38). The first-order valence-corrected chi connectivity index (χ1v) is 12.7. The average molecular weight is 542 g/mol. The molecule has 0 aliphatic carbocycles. The van der Waals surface area contributed by atoms with Gasteiger partial charge in [0, 0.05) is 18.3 Å². The first-order valence-electron chi connectivity index (χ1n) is 12.7. The minimum atomic E-state index is -0.701. The van der Waals surface area contributed by atoms with Gasteiger partial charge in [-0.1, -0.05) is 36.4 Å². The molecule has 0 saturated heterocycles. The molecule has 206 valence electrons. The van der Waals surface area contributed by atoms with Gasteiger partial charge in [0.2, 0.25) is 5.91 Å². The number of hydrogen-bond acceptors (Lipinski definition) is 7. The van der Waals surface area contributed by atoms with Crippen LogP contribution in [0.25, 0.3) is 11.3 Å². The van der Waals surface area contributed by atoms with Crippen LogP contribution < -0.4 is 21.3 Å². The number of rotatable bonds is 9. The number of carbonyl (C=O) groups excluding carboxylic acids is 4. The van der Waals surface area contributed by atoms with E-state index in [0.29, 0.717) is 39.5 Å². The number of benzene rings is 3. The zero-order chi connectivity index (χ0) is 29.0. The molecule has 0 radical (unpaired) electrons. The Morgan fingerprint density at radius 3 is 2.33 bits per heavy atom. The summed E-state index contributed by atoms with van der Waals surface area (Å²) >= 11 is 0. The van der Waals surface area contributed by atoms with Crippen LogP contribution in [0.5, 0.6) is 0 Å². The third kappa shape index (κ3) is 5.87. The van der Waals surface area contributed by atoms with Gasteiger partial charge < -0.3 is 30.9 Å². The highest BCUT2D eigenvalue weighted by Crippen LogP contribution is 2.38. The van der Waals surface area contributed by atoms with Crippen molar-refractivity contribution < 1.29 is 23.9 Å². The summed E-state index contributed by atoms with van der Waals surface area (Å²) < 4.78 is 5.09. The van der Waals surface area contributed by atoms with Crippen molar-refractivity contribution in [2.24, 2.45) is 5.73 Å². The number of anilines is 3. The van der Waals surface area contributed by atoms with Gasteiger partial charge in [-0.2, -0.15) is 0 Å². The molecule has 0 atom stereocenters. The lowest BCUT2D eigenvalue weighted by Crippen LogP contribution is -2.36. The van der Waals surface area contributed by atoms with E-state index in [0.717, 1.165) is 5.56 Å². The average Bonchev–Trinajstić information content (AvgIpc) is 3.26. The number of ether oxygens (including phenoxy) is 1. The van der Waals surface area contributed by atoms with Crippen molar-refractivity contribution in [1.82, 2.24) is 4.90 Å². The Balaban J connectivity index is 1.79. The molecule has 40 heavy (non-hydrogen) atoms. The van der Waals surface area contributed by atoms with Crippen LogP contribution >= 0.6 is 0 Å². The fraction of sp³-hybridized carbons (Fsp3) is 0.200. The van der Waals surface area contributed by atoms with Gasteiger partial charge in [-0.25, -0.2) is 4.79 Å². The van der Waals surface area contributed by atoms with E-state index in [1.54, 1.807) is 69.4 Å². The molecule has 3 aromatic carbocycles. The summed E-state index contributed by atoms with van der Waals surface area (Å²) in [5, 5.41) is 6.13. The van der Waals surface area contributed by atoms with E-state index in [2.05, 4.69) is 10.6 Å².